The van der Waals surface area contributed by atoms with E-state index in [2.05, 4.69) is 19.2 Å². The summed E-state index contributed by atoms with van der Waals surface area (Å²) in [5, 5.41) is 2.36. The zero-order chi connectivity index (χ0) is 10.7. The van der Waals surface area contributed by atoms with Crippen LogP contribution in [0.3, 0.4) is 0 Å². The van der Waals surface area contributed by atoms with Crippen molar-refractivity contribution in [3.63, 3.8) is 0 Å². The van der Waals surface area contributed by atoms with Crippen LogP contribution < -0.4 is 5.32 Å². The Morgan fingerprint density at radius 2 is 2.40 bits per heavy atom. The molecule has 84 valence electrons. The highest BCUT2D eigenvalue weighted by molar-refractivity contribution is 4.95. The zero-order valence-electron chi connectivity index (χ0n) is 9.53. The lowest BCUT2D eigenvalue weighted by molar-refractivity contribution is -0.711. The average Bonchev–Trinajstić information content (AvgIpc) is 2.65. The molecule has 1 fully saturated rings. The molecule has 0 radical (unpaired) electrons. The van der Waals surface area contributed by atoms with Crippen molar-refractivity contribution in [3.05, 3.63) is 24.2 Å². The number of ether oxygens (including phenoxy) is 1. The minimum absolute atomic E-state index is 0.0442. The van der Waals surface area contributed by atoms with E-state index in [0.29, 0.717) is 6.04 Å². The maximum atomic E-state index is 5.69. The Bertz CT molecular complexity index is 293. The van der Waals surface area contributed by atoms with Gasteiger partial charge in [-0.15, -0.1) is 0 Å². The second-order valence-corrected chi connectivity index (χ2v) is 4.88. The summed E-state index contributed by atoms with van der Waals surface area (Å²) >= 11 is 0. The van der Waals surface area contributed by atoms with E-state index in [-0.39, 0.29) is 5.60 Å². The third-order valence-electron chi connectivity index (χ3n) is 2.97. The molecule has 2 rings (SSSR count). The summed E-state index contributed by atoms with van der Waals surface area (Å²) < 4.78 is 11.0. The van der Waals surface area contributed by atoms with Crippen LogP contribution in [0.5, 0.6) is 0 Å². The van der Waals surface area contributed by atoms with Gasteiger partial charge in [0.2, 0.25) is 0 Å². The van der Waals surface area contributed by atoms with Gasteiger partial charge < -0.3 is 14.5 Å². The van der Waals surface area contributed by atoms with E-state index in [0.717, 1.165) is 31.8 Å². The fourth-order valence-electron chi connectivity index (χ4n) is 2.19. The maximum Gasteiger partial charge on any atom is 0.157 e. The van der Waals surface area contributed by atoms with Crippen molar-refractivity contribution >= 4 is 0 Å². The van der Waals surface area contributed by atoms with E-state index in [1.807, 2.05) is 12.1 Å². The molecule has 15 heavy (non-hydrogen) atoms. The predicted octanol–water partition coefficient (Wildman–Crippen LogP) is 1.30. The standard InChI is InChI=1S/C12H19NO2/c1-12(2)8-10(5-7-15-12)13-9-11-4-3-6-14-11/h3-4,6,10,13H,5,7-9H2,1-2H3/p+1/t10-/m0/s1. The summed E-state index contributed by atoms with van der Waals surface area (Å²) in [7, 11) is 0. The van der Waals surface area contributed by atoms with Crippen molar-refractivity contribution in [2.45, 2.75) is 44.9 Å². The first kappa shape index (κ1) is 10.7. The molecule has 0 aromatic carbocycles. The van der Waals surface area contributed by atoms with E-state index in [1.165, 1.54) is 0 Å². The minimum Gasteiger partial charge on any atom is -0.463 e. The summed E-state index contributed by atoms with van der Waals surface area (Å²) in [6.45, 7) is 6.15. The summed E-state index contributed by atoms with van der Waals surface area (Å²) in [6.07, 6.45) is 3.99. The molecule has 0 spiro atoms. The van der Waals surface area contributed by atoms with Crippen molar-refractivity contribution in [2.75, 3.05) is 6.61 Å². The van der Waals surface area contributed by atoms with Crippen LogP contribution in [0.1, 0.15) is 32.4 Å². The number of rotatable bonds is 3. The van der Waals surface area contributed by atoms with Gasteiger partial charge in [0.05, 0.1) is 24.5 Å². The molecule has 0 aliphatic carbocycles. The van der Waals surface area contributed by atoms with Crippen molar-refractivity contribution in [1.29, 1.82) is 0 Å². The lowest BCUT2D eigenvalue weighted by Crippen LogP contribution is -2.89. The monoisotopic (exact) mass is 210 g/mol. The lowest BCUT2D eigenvalue weighted by atomic mass is 9.94. The third-order valence-corrected chi connectivity index (χ3v) is 2.97. The molecule has 3 nitrogen and oxygen atoms in total. The third kappa shape index (κ3) is 3.08. The Morgan fingerprint density at radius 3 is 3.07 bits per heavy atom. The summed E-state index contributed by atoms with van der Waals surface area (Å²) in [4.78, 5) is 0. The number of quaternary nitrogens is 1. The Kier molecular flexibility index (Phi) is 3.12. The van der Waals surface area contributed by atoms with E-state index >= 15 is 0 Å². The number of nitrogens with two attached hydrogens (primary N) is 1. The van der Waals surface area contributed by atoms with Gasteiger partial charge in [0.15, 0.2) is 5.76 Å². The Labute approximate surface area is 90.8 Å². The Morgan fingerprint density at radius 1 is 1.53 bits per heavy atom. The highest BCUT2D eigenvalue weighted by Crippen LogP contribution is 2.22. The van der Waals surface area contributed by atoms with Gasteiger partial charge in [-0.25, -0.2) is 0 Å². The van der Waals surface area contributed by atoms with E-state index in [4.69, 9.17) is 9.15 Å². The van der Waals surface area contributed by atoms with Crippen molar-refractivity contribution in [1.82, 2.24) is 0 Å². The quantitative estimate of drug-likeness (QED) is 0.816. The van der Waals surface area contributed by atoms with Gasteiger partial charge in [0.25, 0.3) is 0 Å². The minimum atomic E-state index is 0.0442. The highest BCUT2D eigenvalue weighted by Gasteiger charge is 2.30. The molecule has 1 atom stereocenters. The molecule has 1 saturated heterocycles. The normalized spacial score (nSPS) is 25.3. The van der Waals surface area contributed by atoms with Crippen LogP contribution in [-0.2, 0) is 11.3 Å². The van der Waals surface area contributed by atoms with E-state index < -0.39 is 0 Å². The second-order valence-electron chi connectivity index (χ2n) is 4.88. The molecule has 2 heterocycles. The van der Waals surface area contributed by atoms with Gasteiger partial charge in [-0.1, -0.05) is 0 Å². The van der Waals surface area contributed by atoms with Crippen LogP contribution in [0.4, 0.5) is 0 Å². The predicted molar refractivity (Wildman–Crippen MR) is 57.4 cm³/mol. The van der Waals surface area contributed by atoms with Gasteiger partial charge in [0, 0.05) is 12.8 Å². The van der Waals surface area contributed by atoms with Crippen LogP contribution in [0.25, 0.3) is 0 Å². The summed E-state index contributed by atoms with van der Waals surface area (Å²) in [6, 6.07) is 4.64. The Balaban J connectivity index is 1.80. The average molecular weight is 210 g/mol. The summed E-state index contributed by atoms with van der Waals surface area (Å²) in [5.41, 5.74) is 0.0442. The maximum absolute atomic E-state index is 5.69. The van der Waals surface area contributed by atoms with Crippen LogP contribution in [0, 0.1) is 0 Å². The highest BCUT2D eigenvalue weighted by atomic mass is 16.5. The fourth-order valence-corrected chi connectivity index (χ4v) is 2.19. The number of hydrogen-bond donors (Lipinski definition) is 1. The van der Waals surface area contributed by atoms with Gasteiger partial charge in [0.1, 0.15) is 6.54 Å². The van der Waals surface area contributed by atoms with Crippen molar-refractivity contribution in [2.24, 2.45) is 0 Å². The number of hydrogen-bond acceptors (Lipinski definition) is 2. The Hall–Kier alpha value is -0.800. The number of furan rings is 1. The first-order valence-electron chi connectivity index (χ1n) is 5.65. The molecule has 1 aliphatic heterocycles. The SMILES string of the molecule is CC1(C)C[C@@H]([NH2+]Cc2ccco2)CCO1. The molecule has 2 N–H and O–H groups in total. The molecule has 0 bridgehead atoms. The van der Waals surface area contributed by atoms with Gasteiger partial charge >= 0.3 is 0 Å². The van der Waals surface area contributed by atoms with Crippen molar-refractivity contribution < 1.29 is 14.5 Å². The molecule has 1 aromatic rings. The largest absolute Gasteiger partial charge is 0.463 e. The molecule has 1 aliphatic rings. The van der Waals surface area contributed by atoms with Crippen LogP contribution >= 0.6 is 0 Å². The van der Waals surface area contributed by atoms with Crippen molar-refractivity contribution in [3.8, 4) is 0 Å². The molecule has 0 amide bonds. The van der Waals surface area contributed by atoms with Crippen LogP contribution in [0.2, 0.25) is 0 Å². The lowest BCUT2D eigenvalue weighted by Gasteiger charge is -2.33. The first-order chi connectivity index (χ1) is 7.16. The van der Waals surface area contributed by atoms with E-state index in [1.54, 1.807) is 6.26 Å². The molecule has 0 unspecified atom stereocenters. The topological polar surface area (TPSA) is 39.0 Å². The molecular weight excluding hydrogens is 190 g/mol. The van der Waals surface area contributed by atoms with Crippen LogP contribution in [0.15, 0.2) is 22.8 Å². The molecule has 0 saturated carbocycles. The zero-order valence-corrected chi connectivity index (χ0v) is 9.53. The van der Waals surface area contributed by atoms with Gasteiger partial charge in [-0.2, -0.15) is 0 Å². The first-order valence-corrected chi connectivity index (χ1v) is 5.65. The van der Waals surface area contributed by atoms with E-state index in [9.17, 15) is 0 Å². The molecule has 3 heteroatoms. The molecular formula is C12H20NO2+. The smallest absolute Gasteiger partial charge is 0.157 e. The van der Waals surface area contributed by atoms with Gasteiger partial charge in [-0.05, 0) is 26.0 Å². The van der Waals surface area contributed by atoms with Crippen LogP contribution in [-0.4, -0.2) is 18.2 Å². The molecule has 1 aromatic heterocycles. The summed E-state index contributed by atoms with van der Waals surface area (Å²) in [5.74, 6) is 1.05. The van der Waals surface area contributed by atoms with Gasteiger partial charge in [-0.3, -0.25) is 0 Å². The second kappa shape index (κ2) is 4.37. The fraction of sp³-hybridized carbons (Fsp3) is 0.667.